The van der Waals surface area contributed by atoms with Crippen LogP contribution in [0.15, 0.2) is 195 Å². The van der Waals surface area contributed by atoms with Crippen molar-refractivity contribution in [3.8, 4) is 22.5 Å². The van der Waals surface area contributed by atoms with E-state index in [0.29, 0.717) is 24.5 Å². The molecular weight excluding hydrogens is 809 g/mol. The maximum Gasteiger partial charge on any atom is 0.328 e. The number of esters is 1. The molecule has 2 atom stereocenters. The second kappa shape index (κ2) is 24.6. The van der Waals surface area contributed by atoms with Crippen molar-refractivity contribution in [2.24, 2.45) is 0 Å². The van der Waals surface area contributed by atoms with Crippen molar-refractivity contribution in [2.75, 3.05) is 17.7 Å². The first-order valence-corrected chi connectivity index (χ1v) is 21.7. The van der Waals surface area contributed by atoms with Gasteiger partial charge in [0.25, 0.3) is 0 Å². The highest BCUT2D eigenvalue weighted by atomic mass is 16.5. The van der Waals surface area contributed by atoms with E-state index in [4.69, 9.17) is 4.74 Å². The molecule has 0 spiro atoms. The third kappa shape index (κ3) is 14.5. The number of nitrogens with one attached hydrogen (secondary N) is 2. The first-order valence-electron chi connectivity index (χ1n) is 21.7. The lowest BCUT2D eigenvalue weighted by atomic mass is 10.0. The van der Waals surface area contributed by atoms with Gasteiger partial charge in [-0.3, -0.25) is 0 Å². The standard InChI is InChI=1S/C27H25N3O2.C26H23N3O2.C2H6/c1-32-27(31)25(17-21-10-6-3-7-11-21)30-26-18-24(28-19-29-26)23-14-12-22(13-15-23)16-20-8-4-2-5-9-20;30-26(31)24(16-20-9-5-2-6-10-20)29-25-17-23(27-18-28-25)22-13-11-21(12-14-22)15-19-7-3-1-4-8-19;1-2/h2-15,18-19,25H,16-17H2,1H3,(H,28,29,30);1-14,17-18,24H,15-16H2,(H,30,31)(H,27,28,29);1-2H3. The van der Waals surface area contributed by atoms with Crippen LogP contribution in [-0.4, -0.2) is 56.2 Å². The highest BCUT2D eigenvalue weighted by molar-refractivity contribution is 5.80. The lowest BCUT2D eigenvalue weighted by molar-refractivity contribution is -0.141. The molecule has 0 radical (unpaired) electrons. The second-order valence-electron chi connectivity index (χ2n) is 14.9. The van der Waals surface area contributed by atoms with Crippen LogP contribution in [0.4, 0.5) is 11.6 Å². The van der Waals surface area contributed by atoms with Crippen molar-refractivity contribution in [3.63, 3.8) is 0 Å². The molecule has 0 aliphatic carbocycles. The molecule has 0 fully saturated rings. The Balaban J connectivity index is 0.000000208. The number of benzene rings is 6. The molecule has 10 nitrogen and oxygen atoms in total. The number of hydrogen-bond donors (Lipinski definition) is 3. The zero-order valence-corrected chi connectivity index (χ0v) is 36.9. The minimum Gasteiger partial charge on any atom is -0.480 e. The fourth-order valence-corrected chi connectivity index (χ4v) is 7.03. The molecule has 8 aromatic rings. The number of carboxylic acid groups (broad SMARTS) is 1. The van der Waals surface area contributed by atoms with Gasteiger partial charge in [-0.25, -0.2) is 29.5 Å². The predicted octanol–water partition coefficient (Wildman–Crippen LogP) is 10.8. The maximum atomic E-state index is 12.3. The summed E-state index contributed by atoms with van der Waals surface area (Å²) in [7, 11) is 1.39. The molecule has 0 bridgehead atoms. The molecule has 65 heavy (non-hydrogen) atoms. The summed E-state index contributed by atoms with van der Waals surface area (Å²) in [6.45, 7) is 4.00. The minimum atomic E-state index is -0.922. The topological polar surface area (TPSA) is 139 Å². The predicted molar refractivity (Wildman–Crippen MR) is 260 cm³/mol. The van der Waals surface area contributed by atoms with Gasteiger partial charge in [-0.15, -0.1) is 0 Å². The zero-order valence-electron chi connectivity index (χ0n) is 36.9. The van der Waals surface area contributed by atoms with Gasteiger partial charge >= 0.3 is 11.9 Å². The van der Waals surface area contributed by atoms with Crippen LogP contribution in [-0.2, 0) is 40.0 Å². The Bertz CT molecular complexity index is 2650. The van der Waals surface area contributed by atoms with E-state index in [0.717, 1.165) is 46.5 Å². The lowest BCUT2D eigenvalue weighted by Gasteiger charge is -2.17. The van der Waals surface area contributed by atoms with Gasteiger partial charge in [0.1, 0.15) is 36.4 Å². The second-order valence-corrected chi connectivity index (χ2v) is 14.9. The number of aliphatic carboxylic acids is 1. The molecule has 2 heterocycles. The number of carbonyl (C=O) groups excluding carboxylic acids is 1. The minimum absolute atomic E-state index is 0.334. The van der Waals surface area contributed by atoms with Crippen molar-refractivity contribution in [1.82, 2.24) is 19.9 Å². The molecule has 0 aliphatic heterocycles. The molecule has 0 amide bonds. The number of nitrogens with zero attached hydrogens (tertiary/aromatic N) is 4. The van der Waals surface area contributed by atoms with Crippen LogP contribution in [0.2, 0.25) is 0 Å². The summed E-state index contributed by atoms with van der Waals surface area (Å²) < 4.78 is 4.99. The average molecular weight is 863 g/mol. The van der Waals surface area contributed by atoms with E-state index in [-0.39, 0.29) is 5.97 Å². The quantitative estimate of drug-likeness (QED) is 0.0805. The van der Waals surface area contributed by atoms with Crippen LogP contribution in [0.3, 0.4) is 0 Å². The highest BCUT2D eigenvalue weighted by Gasteiger charge is 2.21. The van der Waals surface area contributed by atoms with Crippen LogP contribution < -0.4 is 10.6 Å². The SMILES string of the molecule is CC.COC(=O)C(Cc1ccccc1)Nc1cc(-c2ccc(Cc3ccccc3)cc2)ncn1.O=C(O)C(Cc1ccccc1)Nc1cc(-c2ccc(Cc3ccccc3)cc2)ncn1. The van der Waals surface area contributed by atoms with Crippen LogP contribution in [0, 0.1) is 0 Å². The van der Waals surface area contributed by atoms with E-state index < -0.39 is 18.1 Å². The number of methoxy groups -OCH3 is 1. The van der Waals surface area contributed by atoms with Gasteiger partial charge in [0.2, 0.25) is 0 Å². The molecule has 0 aliphatic rings. The molecule has 328 valence electrons. The molecule has 0 saturated heterocycles. The Morgan fingerprint density at radius 3 is 1.18 bits per heavy atom. The van der Waals surface area contributed by atoms with Crippen LogP contribution in [0.25, 0.3) is 22.5 Å². The van der Waals surface area contributed by atoms with Crippen molar-refractivity contribution >= 4 is 23.6 Å². The summed E-state index contributed by atoms with van der Waals surface area (Å²) in [6.07, 6.45) is 5.59. The van der Waals surface area contributed by atoms with Gasteiger partial charge in [0, 0.05) is 36.1 Å². The average Bonchev–Trinajstić information content (AvgIpc) is 3.36. The van der Waals surface area contributed by atoms with Crippen molar-refractivity contribution in [2.45, 2.75) is 51.6 Å². The Hall–Kier alpha value is -7.98. The van der Waals surface area contributed by atoms with Crippen LogP contribution >= 0.6 is 0 Å². The third-order valence-corrected chi connectivity index (χ3v) is 10.3. The highest BCUT2D eigenvalue weighted by Crippen LogP contribution is 2.23. The summed E-state index contributed by atoms with van der Waals surface area (Å²) in [5.74, 6) is -0.190. The first-order chi connectivity index (χ1) is 31.9. The first kappa shape index (κ1) is 46.5. The number of ether oxygens (including phenoxy) is 1. The van der Waals surface area contributed by atoms with E-state index >= 15 is 0 Å². The number of carbonyl (C=O) groups is 2. The zero-order chi connectivity index (χ0) is 45.6. The Kier molecular flexibility index (Phi) is 17.6. The molecule has 2 aromatic heterocycles. The normalized spacial score (nSPS) is 11.3. The molecule has 2 unspecified atom stereocenters. The lowest BCUT2D eigenvalue weighted by Crippen LogP contribution is -2.33. The summed E-state index contributed by atoms with van der Waals surface area (Å²) in [5.41, 5.74) is 10.5. The maximum absolute atomic E-state index is 12.3. The van der Waals surface area contributed by atoms with Crippen molar-refractivity contribution < 1.29 is 19.4 Å². The summed E-state index contributed by atoms with van der Waals surface area (Å²) in [5, 5.41) is 15.9. The fraction of sp³-hybridized carbons (Fsp3) is 0.164. The van der Waals surface area contributed by atoms with Crippen LogP contribution in [0.5, 0.6) is 0 Å². The molecule has 0 saturated carbocycles. The van der Waals surface area contributed by atoms with Gasteiger partial charge < -0.3 is 20.5 Å². The summed E-state index contributed by atoms with van der Waals surface area (Å²) in [4.78, 5) is 41.4. The number of anilines is 2. The van der Waals surface area contributed by atoms with E-state index in [2.05, 4.69) is 103 Å². The van der Waals surface area contributed by atoms with Crippen molar-refractivity contribution in [3.05, 3.63) is 228 Å². The largest absolute Gasteiger partial charge is 0.480 e. The Morgan fingerprint density at radius 1 is 0.477 bits per heavy atom. The molecule has 8 rings (SSSR count). The molecule has 3 N–H and O–H groups in total. The number of hydrogen-bond acceptors (Lipinski definition) is 9. The molecular formula is C55H54N6O4. The number of aromatic nitrogens is 4. The van der Waals surface area contributed by atoms with Gasteiger partial charge in [-0.2, -0.15) is 0 Å². The summed E-state index contributed by atoms with van der Waals surface area (Å²) >= 11 is 0. The molecule has 10 heteroatoms. The number of rotatable bonds is 16. The van der Waals surface area contributed by atoms with E-state index in [9.17, 15) is 14.7 Å². The monoisotopic (exact) mass is 862 g/mol. The fourth-order valence-electron chi connectivity index (χ4n) is 7.03. The Morgan fingerprint density at radius 2 is 0.815 bits per heavy atom. The van der Waals surface area contributed by atoms with E-state index in [1.165, 1.54) is 42.0 Å². The van der Waals surface area contributed by atoms with Gasteiger partial charge in [-0.1, -0.05) is 184 Å². The molecule has 6 aromatic carbocycles. The Labute approximate surface area is 381 Å². The third-order valence-electron chi connectivity index (χ3n) is 10.3. The van der Waals surface area contributed by atoms with E-state index in [1.807, 2.05) is 117 Å². The van der Waals surface area contributed by atoms with Gasteiger partial charge in [0.05, 0.1) is 18.5 Å². The van der Waals surface area contributed by atoms with Gasteiger partial charge in [0.15, 0.2) is 0 Å². The van der Waals surface area contributed by atoms with Crippen LogP contribution in [0.1, 0.15) is 47.2 Å². The van der Waals surface area contributed by atoms with Gasteiger partial charge in [-0.05, 0) is 46.2 Å². The smallest absolute Gasteiger partial charge is 0.328 e. The van der Waals surface area contributed by atoms with E-state index in [1.54, 1.807) is 6.07 Å². The number of carboxylic acids is 1. The summed E-state index contributed by atoms with van der Waals surface area (Å²) in [6, 6.07) is 59.0. The van der Waals surface area contributed by atoms with Crippen molar-refractivity contribution in [1.29, 1.82) is 0 Å².